The second-order valence-corrected chi connectivity index (χ2v) is 13.1. The molecule has 188 valence electrons. The van der Waals surface area contributed by atoms with E-state index in [1.807, 2.05) is 6.92 Å². The van der Waals surface area contributed by atoms with E-state index in [2.05, 4.69) is 6.92 Å². The summed E-state index contributed by atoms with van der Waals surface area (Å²) in [5, 5.41) is 56.1. The normalized spacial score (nSPS) is 47.3. The van der Waals surface area contributed by atoms with E-state index in [1.54, 1.807) is 26.8 Å². The van der Waals surface area contributed by atoms with Crippen LogP contribution < -0.4 is 0 Å². The fourth-order valence-corrected chi connectivity index (χ4v) is 8.27. The Morgan fingerprint density at radius 3 is 2.27 bits per heavy atom. The number of hydrogen-bond donors (Lipinski definition) is 5. The first kappa shape index (κ1) is 25.3. The van der Waals surface area contributed by atoms with Gasteiger partial charge in [-0.1, -0.05) is 13.8 Å². The van der Waals surface area contributed by atoms with Crippen LogP contribution in [0, 0.1) is 22.7 Å². The standard InChI is InChI=1S/C27H44O6/c1-22(2,30)9-6-10-25(5,31)27(33)14-13-26(32)19-16-21(29)20-15-17(28)7-11-23(20,3)18(19)8-12-24(26,27)4/h16-18,20,28,30-33H,6-15H2,1-5H3. The average Bonchev–Trinajstić information content (AvgIpc) is 2.91. The van der Waals surface area contributed by atoms with Crippen LogP contribution >= 0.6 is 0 Å². The van der Waals surface area contributed by atoms with Crippen LogP contribution in [0.3, 0.4) is 0 Å². The average molecular weight is 465 g/mol. The van der Waals surface area contributed by atoms with E-state index in [0.717, 1.165) is 18.4 Å². The topological polar surface area (TPSA) is 118 Å². The van der Waals surface area contributed by atoms with Crippen LogP contribution in [0.5, 0.6) is 0 Å². The van der Waals surface area contributed by atoms with Crippen molar-refractivity contribution in [2.45, 2.75) is 127 Å². The molecular formula is C27H44O6. The van der Waals surface area contributed by atoms with Crippen LogP contribution in [-0.4, -0.2) is 59.8 Å². The van der Waals surface area contributed by atoms with Gasteiger partial charge in [-0.25, -0.2) is 0 Å². The molecule has 0 aromatic heterocycles. The minimum absolute atomic E-state index is 0.0208. The molecule has 3 saturated carbocycles. The van der Waals surface area contributed by atoms with Gasteiger partial charge in [-0.3, -0.25) is 4.79 Å². The smallest absolute Gasteiger partial charge is 0.159 e. The third-order valence-corrected chi connectivity index (χ3v) is 10.6. The van der Waals surface area contributed by atoms with Crippen molar-refractivity contribution in [3.8, 4) is 0 Å². The molecule has 4 aliphatic carbocycles. The number of rotatable bonds is 5. The Kier molecular flexibility index (Phi) is 5.83. The molecular weight excluding hydrogens is 420 g/mol. The van der Waals surface area contributed by atoms with Gasteiger partial charge < -0.3 is 25.5 Å². The van der Waals surface area contributed by atoms with Crippen molar-refractivity contribution in [1.29, 1.82) is 0 Å². The van der Waals surface area contributed by atoms with Crippen molar-refractivity contribution >= 4 is 5.78 Å². The van der Waals surface area contributed by atoms with Crippen molar-refractivity contribution < 1.29 is 30.3 Å². The highest BCUT2D eigenvalue weighted by Gasteiger charge is 2.74. The molecule has 6 nitrogen and oxygen atoms in total. The third-order valence-electron chi connectivity index (χ3n) is 10.6. The molecule has 0 saturated heterocycles. The molecule has 0 heterocycles. The van der Waals surface area contributed by atoms with Crippen LogP contribution in [0.2, 0.25) is 0 Å². The van der Waals surface area contributed by atoms with Crippen molar-refractivity contribution in [2.24, 2.45) is 22.7 Å². The van der Waals surface area contributed by atoms with Gasteiger partial charge in [0.15, 0.2) is 5.78 Å². The lowest BCUT2D eigenvalue weighted by Crippen LogP contribution is -2.67. The lowest BCUT2D eigenvalue weighted by atomic mass is 9.45. The molecule has 0 bridgehead atoms. The van der Waals surface area contributed by atoms with Gasteiger partial charge >= 0.3 is 0 Å². The summed E-state index contributed by atoms with van der Waals surface area (Å²) in [7, 11) is 0. The Labute approximate surface area is 198 Å². The number of fused-ring (bicyclic) bond motifs is 5. The lowest BCUT2D eigenvalue weighted by molar-refractivity contribution is -0.234. The molecule has 5 N–H and O–H groups in total. The maximum atomic E-state index is 13.2. The van der Waals surface area contributed by atoms with Crippen molar-refractivity contribution in [3.63, 3.8) is 0 Å². The Hall–Kier alpha value is -0.790. The molecule has 3 fully saturated rings. The zero-order chi connectivity index (χ0) is 24.7. The summed E-state index contributed by atoms with van der Waals surface area (Å²) < 4.78 is 0. The van der Waals surface area contributed by atoms with Crippen LogP contribution in [0.15, 0.2) is 11.6 Å². The van der Waals surface area contributed by atoms with Gasteiger partial charge in [0.1, 0.15) is 5.60 Å². The number of allylic oxidation sites excluding steroid dienone is 1. The number of ketones is 1. The summed E-state index contributed by atoms with van der Waals surface area (Å²) in [6.07, 6.45) is 6.31. The summed E-state index contributed by atoms with van der Waals surface area (Å²) >= 11 is 0. The first-order valence-electron chi connectivity index (χ1n) is 12.8. The monoisotopic (exact) mass is 464 g/mol. The molecule has 0 aromatic rings. The van der Waals surface area contributed by atoms with Crippen LogP contribution in [0.25, 0.3) is 0 Å². The van der Waals surface area contributed by atoms with Gasteiger partial charge in [-0.15, -0.1) is 0 Å². The maximum Gasteiger partial charge on any atom is 0.159 e. The van der Waals surface area contributed by atoms with Crippen molar-refractivity contribution in [3.05, 3.63) is 11.6 Å². The molecule has 8 atom stereocenters. The predicted molar refractivity (Wildman–Crippen MR) is 125 cm³/mol. The van der Waals surface area contributed by atoms with E-state index in [4.69, 9.17) is 0 Å². The van der Waals surface area contributed by atoms with E-state index in [-0.39, 0.29) is 29.5 Å². The van der Waals surface area contributed by atoms with E-state index in [9.17, 15) is 30.3 Å². The minimum atomic E-state index is -1.51. The van der Waals surface area contributed by atoms with Gasteiger partial charge in [0, 0.05) is 11.3 Å². The molecule has 33 heavy (non-hydrogen) atoms. The molecule has 0 aromatic carbocycles. The largest absolute Gasteiger partial charge is 0.393 e. The number of aliphatic hydroxyl groups excluding tert-OH is 1. The molecule has 4 rings (SSSR count). The zero-order valence-electron chi connectivity index (χ0n) is 21.0. The first-order valence-corrected chi connectivity index (χ1v) is 12.8. The second kappa shape index (κ2) is 7.60. The first-order chi connectivity index (χ1) is 15.0. The van der Waals surface area contributed by atoms with Crippen molar-refractivity contribution in [1.82, 2.24) is 0 Å². The molecule has 0 amide bonds. The number of carbonyl (C=O) groups is 1. The summed E-state index contributed by atoms with van der Waals surface area (Å²) in [5.41, 5.74) is -5.70. The van der Waals surface area contributed by atoms with Gasteiger partial charge in [-0.2, -0.15) is 0 Å². The Morgan fingerprint density at radius 2 is 1.64 bits per heavy atom. The Morgan fingerprint density at radius 1 is 0.970 bits per heavy atom. The molecule has 6 heteroatoms. The highest BCUT2D eigenvalue weighted by Crippen LogP contribution is 2.69. The SMILES string of the molecule is CC(C)(O)CCCC(C)(O)C1(O)CCC2(O)C3=CC(=O)C4CC(O)CCC4(C)C3CCC21C. The molecule has 4 aliphatic rings. The Bertz CT molecular complexity index is 842. The lowest BCUT2D eigenvalue weighted by Gasteiger charge is -2.61. The molecule has 8 unspecified atom stereocenters. The van der Waals surface area contributed by atoms with Gasteiger partial charge in [-0.05, 0) is 108 Å². The van der Waals surface area contributed by atoms with Gasteiger partial charge in [0.05, 0.1) is 22.9 Å². The quantitative estimate of drug-likeness (QED) is 0.427. The van der Waals surface area contributed by atoms with E-state index < -0.39 is 33.9 Å². The van der Waals surface area contributed by atoms with E-state index in [1.165, 1.54) is 0 Å². The highest BCUT2D eigenvalue weighted by atomic mass is 16.4. The highest BCUT2D eigenvalue weighted by molar-refractivity contribution is 5.95. The molecule has 0 radical (unpaired) electrons. The zero-order valence-corrected chi connectivity index (χ0v) is 21.0. The summed E-state index contributed by atoms with van der Waals surface area (Å²) in [4.78, 5) is 13.2. The van der Waals surface area contributed by atoms with E-state index >= 15 is 0 Å². The number of hydrogen-bond acceptors (Lipinski definition) is 6. The fourth-order valence-electron chi connectivity index (χ4n) is 8.27. The summed E-state index contributed by atoms with van der Waals surface area (Å²) in [5.74, 6) is -0.214. The Balaban J connectivity index is 1.68. The van der Waals surface area contributed by atoms with Gasteiger partial charge in [0.25, 0.3) is 0 Å². The van der Waals surface area contributed by atoms with Gasteiger partial charge in [0.2, 0.25) is 0 Å². The number of carbonyl (C=O) groups excluding carboxylic acids is 1. The van der Waals surface area contributed by atoms with E-state index in [0.29, 0.717) is 44.9 Å². The maximum absolute atomic E-state index is 13.2. The summed E-state index contributed by atoms with van der Waals surface area (Å²) in [6.45, 7) is 9.14. The van der Waals surface area contributed by atoms with Crippen molar-refractivity contribution in [2.75, 3.05) is 0 Å². The fraction of sp³-hybridized carbons (Fsp3) is 0.889. The number of aliphatic hydroxyl groups is 5. The molecule has 0 spiro atoms. The van der Waals surface area contributed by atoms with Crippen LogP contribution in [-0.2, 0) is 4.79 Å². The molecule has 0 aliphatic heterocycles. The predicted octanol–water partition coefficient (Wildman–Crippen LogP) is 3.03. The summed E-state index contributed by atoms with van der Waals surface area (Å²) in [6, 6.07) is 0. The second-order valence-electron chi connectivity index (χ2n) is 13.1. The third kappa shape index (κ3) is 3.50. The van der Waals surface area contributed by atoms with Crippen LogP contribution in [0.4, 0.5) is 0 Å². The minimum Gasteiger partial charge on any atom is -0.393 e. The van der Waals surface area contributed by atoms with Crippen LogP contribution in [0.1, 0.15) is 98.8 Å².